The standard InChI is InChI=1S/C20H12F4OS.2C20H13F3OS.C20H14F2OS.4CH2F2/c1-9-4-7-13(17(23)15(9)21)25-14-8-6-12-11-5-3-10(2)16(22)19(11)26-20(12)18(14)24;1-10-3-7-15(14(21)9-10)24-16-8-6-13-12-5-4-11(2)17(22)19(12)25-20(13)18(16)23;1-10-3-5-12(9-15(10)21)24-16-8-7-14-13-6-4-11(2)17(22)19(13)25-20(14)18(16)23;1-11-3-6-13(7-4-11)23-16-10-9-15-14-8-5-12(2)17(21)19(14)24-20(15)18(16)22;4*2-1-3/h3-8H,1-2H3;2*3-9H,1-2H3;3-10H,1-2H3;4*1H2. The van der Waals surface area contributed by atoms with Gasteiger partial charge in [0, 0.05) is 49.2 Å². The Hall–Kier alpha value is -10.7. The second-order valence-electron chi connectivity index (χ2n) is 24.2. The maximum atomic E-state index is 14.9. The van der Waals surface area contributed by atoms with Crippen LogP contribution in [-0.2, 0) is 0 Å². The van der Waals surface area contributed by atoms with Crippen LogP contribution in [0.3, 0.4) is 0 Å². The number of benzene rings is 12. The van der Waals surface area contributed by atoms with Gasteiger partial charge in [-0.2, -0.15) is 4.39 Å². The van der Waals surface area contributed by atoms with Crippen molar-refractivity contribution in [1.82, 2.24) is 0 Å². The van der Waals surface area contributed by atoms with Crippen LogP contribution in [0.25, 0.3) is 80.7 Å². The maximum absolute atomic E-state index is 14.9. The Balaban J connectivity index is 0.000000163. The Morgan fingerprint density at radius 2 is 0.438 bits per heavy atom. The van der Waals surface area contributed by atoms with Crippen molar-refractivity contribution >= 4 is 126 Å². The Labute approximate surface area is 642 Å². The number of halogens is 20. The molecular weight excluding hydrogens is 1580 g/mol. The monoisotopic (exact) mass is 1640 g/mol. The number of hydrogen-bond acceptors (Lipinski definition) is 8. The van der Waals surface area contributed by atoms with E-state index in [4.69, 9.17) is 18.9 Å². The second kappa shape index (κ2) is 38.0. The van der Waals surface area contributed by atoms with Crippen molar-refractivity contribution in [2.75, 3.05) is 27.7 Å². The average Bonchev–Trinajstić information content (AvgIpc) is 1.62. The summed E-state index contributed by atoms with van der Waals surface area (Å²) >= 11 is 4.18. The van der Waals surface area contributed by atoms with Crippen LogP contribution in [-0.4, -0.2) is 27.7 Å². The van der Waals surface area contributed by atoms with Crippen LogP contribution in [0.5, 0.6) is 46.0 Å². The number of aryl methyl sites for hydroxylation is 8. The van der Waals surface area contributed by atoms with Crippen LogP contribution in [0.2, 0.25) is 0 Å². The van der Waals surface area contributed by atoms with E-state index in [1.807, 2.05) is 25.1 Å². The van der Waals surface area contributed by atoms with Crippen molar-refractivity contribution in [3.63, 3.8) is 0 Å². The lowest BCUT2D eigenvalue weighted by molar-refractivity contribution is 0.295. The number of thiophene rings is 4. The van der Waals surface area contributed by atoms with Gasteiger partial charge in [-0.25, -0.2) is 83.4 Å². The van der Waals surface area contributed by atoms with Gasteiger partial charge < -0.3 is 18.9 Å². The molecule has 0 aliphatic heterocycles. The van der Waals surface area contributed by atoms with E-state index in [-0.39, 0.29) is 62.2 Å². The van der Waals surface area contributed by atoms with Gasteiger partial charge in [-0.1, -0.05) is 84.4 Å². The summed E-state index contributed by atoms with van der Waals surface area (Å²) in [5.41, 5.74) is 4.52. The van der Waals surface area contributed by atoms with E-state index >= 15 is 0 Å². The molecular formula is C84H60F20O4S4. The summed E-state index contributed by atoms with van der Waals surface area (Å²) in [5.74, 6) is -6.79. The van der Waals surface area contributed by atoms with Crippen molar-refractivity contribution in [3.05, 3.63) is 284 Å². The molecule has 0 saturated carbocycles. The summed E-state index contributed by atoms with van der Waals surface area (Å²) in [6.45, 7) is 6.49. The van der Waals surface area contributed by atoms with Crippen molar-refractivity contribution in [1.29, 1.82) is 0 Å². The highest BCUT2D eigenvalue weighted by Crippen LogP contribution is 2.47. The fraction of sp³-hybridized carbons (Fsp3) is 0.143. The van der Waals surface area contributed by atoms with E-state index in [1.54, 1.807) is 145 Å². The third-order valence-corrected chi connectivity index (χ3v) is 21.6. The summed E-state index contributed by atoms with van der Waals surface area (Å²) in [7, 11) is 0. The van der Waals surface area contributed by atoms with Crippen molar-refractivity contribution in [2.24, 2.45) is 0 Å². The first kappa shape index (κ1) is 85.3. The number of rotatable bonds is 8. The molecule has 584 valence electrons. The molecule has 0 bridgehead atoms. The van der Waals surface area contributed by atoms with Gasteiger partial charge in [0.25, 0.3) is 0 Å². The van der Waals surface area contributed by atoms with Crippen LogP contribution in [0.1, 0.15) is 44.5 Å². The largest absolute Gasteiger partial charge is 0.454 e. The Bertz CT molecular complexity index is 6050. The summed E-state index contributed by atoms with van der Waals surface area (Å²) in [6, 6.07) is 45.3. The van der Waals surface area contributed by atoms with Crippen LogP contribution >= 0.6 is 45.3 Å². The first-order valence-corrected chi connectivity index (χ1v) is 36.2. The smallest absolute Gasteiger partial charge is 0.229 e. The summed E-state index contributed by atoms with van der Waals surface area (Å²) in [6.07, 6.45) is 0. The molecule has 0 radical (unpaired) electrons. The zero-order chi connectivity index (χ0) is 81.7. The lowest BCUT2D eigenvalue weighted by atomic mass is 10.1. The number of hydrogen-bond donors (Lipinski definition) is 0. The molecule has 0 aliphatic carbocycles. The van der Waals surface area contributed by atoms with E-state index in [0.717, 1.165) is 61.9 Å². The van der Waals surface area contributed by atoms with Crippen LogP contribution in [0, 0.1) is 125 Å². The minimum Gasteiger partial charge on any atom is -0.454 e. The maximum Gasteiger partial charge on any atom is 0.229 e. The molecule has 0 fully saturated rings. The van der Waals surface area contributed by atoms with E-state index < -0.39 is 85.8 Å². The Morgan fingerprint density at radius 3 is 0.768 bits per heavy atom. The van der Waals surface area contributed by atoms with Gasteiger partial charge in [-0.15, -0.1) is 45.3 Å². The highest BCUT2D eigenvalue weighted by atomic mass is 32.1. The third kappa shape index (κ3) is 18.7. The van der Waals surface area contributed by atoms with Crippen molar-refractivity contribution in [3.8, 4) is 46.0 Å². The van der Waals surface area contributed by atoms with E-state index in [9.17, 15) is 87.8 Å². The normalized spacial score (nSPS) is 10.8. The molecule has 0 aliphatic rings. The van der Waals surface area contributed by atoms with Gasteiger partial charge in [0.05, 0.1) is 37.6 Å². The van der Waals surface area contributed by atoms with Crippen LogP contribution < -0.4 is 18.9 Å². The predicted molar refractivity (Wildman–Crippen MR) is 409 cm³/mol. The highest BCUT2D eigenvalue weighted by molar-refractivity contribution is 7.27. The minimum absolute atomic E-state index is 0.0144. The number of ether oxygens (including phenoxy) is 4. The molecule has 28 heteroatoms. The lowest BCUT2D eigenvalue weighted by Crippen LogP contribution is -1.96. The predicted octanol–water partition coefficient (Wildman–Crippen LogP) is 31.1. The molecule has 16 aromatic rings. The lowest BCUT2D eigenvalue weighted by Gasteiger charge is -2.09. The van der Waals surface area contributed by atoms with Gasteiger partial charge in [-0.05, 0) is 179 Å². The number of alkyl halides is 8. The molecule has 0 spiro atoms. The molecule has 4 heterocycles. The first-order valence-electron chi connectivity index (χ1n) is 32.9. The van der Waals surface area contributed by atoms with E-state index in [2.05, 4.69) is 0 Å². The third-order valence-electron chi connectivity index (χ3n) is 16.8. The Morgan fingerprint density at radius 1 is 0.205 bits per heavy atom. The molecule has 0 N–H and O–H groups in total. The first-order chi connectivity index (χ1) is 53.5. The van der Waals surface area contributed by atoms with Gasteiger partial charge in [0.15, 0.2) is 69.4 Å². The molecule has 4 nitrogen and oxygen atoms in total. The summed E-state index contributed by atoms with van der Waals surface area (Å²) < 4.78 is 274. The van der Waals surface area contributed by atoms with Gasteiger partial charge in [0.2, 0.25) is 33.5 Å². The molecule has 0 saturated heterocycles. The molecule has 0 amide bonds. The van der Waals surface area contributed by atoms with Gasteiger partial charge in [0.1, 0.15) is 40.6 Å². The van der Waals surface area contributed by atoms with Crippen LogP contribution in [0.4, 0.5) is 87.8 Å². The molecule has 0 unspecified atom stereocenters. The highest BCUT2D eigenvalue weighted by Gasteiger charge is 2.24. The quantitative estimate of drug-likeness (QED) is 0.142. The molecule has 12 aromatic carbocycles. The molecule has 4 aromatic heterocycles. The van der Waals surface area contributed by atoms with E-state index in [0.29, 0.717) is 104 Å². The molecule has 16 rings (SSSR count). The van der Waals surface area contributed by atoms with Crippen molar-refractivity contribution in [2.45, 2.75) is 55.4 Å². The second-order valence-corrected chi connectivity index (χ2v) is 28.3. The fourth-order valence-electron chi connectivity index (χ4n) is 11.1. The summed E-state index contributed by atoms with van der Waals surface area (Å²) in [5, 5.41) is 5.19. The van der Waals surface area contributed by atoms with Crippen molar-refractivity contribution < 1.29 is 107 Å². The number of fused-ring (bicyclic) bond motifs is 12. The Kier molecular flexibility index (Phi) is 29.0. The van der Waals surface area contributed by atoms with Gasteiger partial charge >= 0.3 is 0 Å². The molecule has 0 atom stereocenters. The zero-order valence-electron chi connectivity index (χ0n) is 59.8. The zero-order valence-corrected chi connectivity index (χ0v) is 63.1. The van der Waals surface area contributed by atoms with Gasteiger partial charge in [-0.3, -0.25) is 0 Å². The van der Waals surface area contributed by atoms with Crippen LogP contribution in [0.15, 0.2) is 170 Å². The SMILES string of the molecule is Cc1ccc(Oc2ccc3c(sc4c(F)c(C)ccc43)c2F)c(F)c1.Cc1ccc(Oc2ccc3c(sc4c(F)c(C)ccc43)c2F)c(F)c1F.Cc1ccc(Oc2ccc3c(sc4c(F)c(C)ccc43)c2F)cc1.Cc1ccc(Oc2ccc3c(sc4c(F)c(C)ccc43)c2F)cc1F.FCF.FCF.FCF.FCF. The molecule has 112 heavy (non-hydrogen) atoms. The fourth-order valence-corrected chi connectivity index (χ4v) is 16.0. The van der Waals surface area contributed by atoms with E-state index in [1.165, 1.54) is 55.5 Å². The minimum atomic E-state index is -1.75. The topological polar surface area (TPSA) is 36.9 Å². The summed E-state index contributed by atoms with van der Waals surface area (Å²) in [4.78, 5) is 0. The average molecular weight is 1640 g/mol.